The van der Waals surface area contributed by atoms with Crippen LogP contribution in [0.1, 0.15) is 30.7 Å². The standard InChI is InChI=1S/C23H24N2O5/c1-5-15-16-8-14(29-4)6-7-19(16)24-21-17(15)10-25(3)20(21)9-18-13(11-26)12-30-22(27)23(18,2)28/h6-9,11,28H,5,10,12H2,1-4H3/b20-9-/t23-/m0/s1. The topological polar surface area (TPSA) is 89.0 Å². The van der Waals surface area contributed by atoms with Crippen molar-refractivity contribution in [1.82, 2.24) is 9.88 Å². The van der Waals surface area contributed by atoms with Crippen molar-refractivity contribution >= 4 is 28.9 Å². The number of aryl methyl sites for hydroxylation is 1. The third kappa shape index (κ3) is 2.97. The van der Waals surface area contributed by atoms with Crippen molar-refractivity contribution in [3.05, 3.63) is 52.2 Å². The molecule has 1 aromatic carbocycles. The van der Waals surface area contributed by atoms with Gasteiger partial charge >= 0.3 is 5.97 Å². The number of ether oxygens (including phenoxy) is 2. The highest BCUT2D eigenvalue weighted by Crippen LogP contribution is 2.39. The van der Waals surface area contributed by atoms with Gasteiger partial charge in [-0.05, 0) is 43.2 Å². The molecule has 0 aliphatic carbocycles. The van der Waals surface area contributed by atoms with Crippen LogP contribution >= 0.6 is 0 Å². The second kappa shape index (κ2) is 7.25. The van der Waals surface area contributed by atoms with Gasteiger partial charge in [-0.2, -0.15) is 0 Å². The van der Waals surface area contributed by atoms with Crippen LogP contribution in [-0.4, -0.2) is 53.6 Å². The van der Waals surface area contributed by atoms with E-state index < -0.39 is 11.6 Å². The lowest BCUT2D eigenvalue weighted by atomic mass is 9.88. The number of aliphatic hydroxyl groups is 1. The van der Waals surface area contributed by atoms with Crippen molar-refractivity contribution in [3.63, 3.8) is 0 Å². The first-order valence-corrected chi connectivity index (χ1v) is 9.82. The highest BCUT2D eigenvalue weighted by molar-refractivity contribution is 5.93. The van der Waals surface area contributed by atoms with Gasteiger partial charge in [0.25, 0.3) is 0 Å². The summed E-state index contributed by atoms with van der Waals surface area (Å²) in [6.07, 6.45) is 3.14. The Kier molecular flexibility index (Phi) is 4.86. The summed E-state index contributed by atoms with van der Waals surface area (Å²) in [7, 11) is 3.57. The van der Waals surface area contributed by atoms with Crippen molar-refractivity contribution in [1.29, 1.82) is 0 Å². The van der Waals surface area contributed by atoms with Crippen LogP contribution in [0.2, 0.25) is 0 Å². The van der Waals surface area contributed by atoms with Crippen LogP contribution < -0.4 is 4.74 Å². The first-order valence-electron chi connectivity index (χ1n) is 9.82. The Morgan fingerprint density at radius 1 is 1.40 bits per heavy atom. The lowest BCUT2D eigenvalue weighted by Gasteiger charge is -2.29. The molecule has 1 aromatic heterocycles. The first-order chi connectivity index (χ1) is 14.3. The van der Waals surface area contributed by atoms with E-state index in [-0.39, 0.29) is 17.8 Å². The number of hydrogen-bond donors (Lipinski definition) is 1. The summed E-state index contributed by atoms with van der Waals surface area (Å²) in [6, 6.07) is 5.80. The third-order valence-electron chi connectivity index (χ3n) is 5.86. The minimum Gasteiger partial charge on any atom is -0.497 e. The van der Waals surface area contributed by atoms with Crippen LogP contribution in [0, 0.1) is 0 Å². The Balaban J connectivity index is 1.95. The van der Waals surface area contributed by atoms with E-state index in [9.17, 15) is 14.7 Å². The van der Waals surface area contributed by atoms with Crippen molar-refractivity contribution in [2.45, 2.75) is 32.4 Å². The lowest BCUT2D eigenvalue weighted by molar-refractivity contribution is -0.160. The number of aromatic nitrogens is 1. The molecular weight excluding hydrogens is 384 g/mol. The summed E-state index contributed by atoms with van der Waals surface area (Å²) in [6.45, 7) is 3.93. The van der Waals surface area contributed by atoms with Crippen molar-refractivity contribution < 1.29 is 24.2 Å². The van der Waals surface area contributed by atoms with Crippen molar-refractivity contribution in [3.8, 4) is 5.75 Å². The number of aldehydes is 1. The number of esters is 1. The number of nitrogens with zero attached hydrogens (tertiary/aromatic N) is 2. The number of carbonyl (C=O) groups excluding carboxylic acids is 2. The smallest absolute Gasteiger partial charge is 0.342 e. The monoisotopic (exact) mass is 408 g/mol. The van der Waals surface area contributed by atoms with E-state index in [2.05, 4.69) is 6.92 Å². The summed E-state index contributed by atoms with van der Waals surface area (Å²) >= 11 is 0. The second-order valence-corrected chi connectivity index (χ2v) is 7.74. The van der Waals surface area contributed by atoms with E-state index in [0.717, 1.165) is 40.0 Å². The van der Waals surface area contributed by atoms with Gasteiger partial charge in [-0.25, -0.2) is 9.78 Å². The maximum atomic E-state index is 12.1. The van der Waals surface area contributed by atoms with Crippen LogP contribution in [0.25, 0.3) is 16.6 Å². The molecule has 2 aliphatic rings. The number of carbonyl (C=O) groups is 2. The van der Waals surface area contributed by atoms with E-state index >= 15 is 0 Å². The summed E-state index contributed by atoms with van der Waals surface area (Å²) in [5.41, 5.74) is 3.26. The predicted octanol–water partition coefficient (Wildman–Crippen LogP) is 2.40. The number of benzene rings is 1. The summed E-state index contributed by atoms with van der Waals surface area (Å²) < 4.78 is 10.3. The Bertz CT molecular complexity index is 1130. The molecule has 0 radical (unpaired) electrons. The molecule has 3 heterocycles. The molecule has 1 N–H and O–H groups in total. The van der Waals surface area contributed by atoms with Crippen LogP contribution in [0.15, 0.2) is 35.4 Å². The molecule has 1 atom stereocenters. The van der Waals surface area contributed by atoms with Gasteiger partial charge in [0, 0.05) is 35.7 Å². The quantitative estimate of drug-likeness (QED) is 0.614. The molecule has 4 rings (SSSR count). The Morgan fingerprint density at radius 3 is 2.83 bits per heavy atom. The molecule has 0 amide bonds. The molecule has 0 bridgehead atoms. The zero-order chi connectivity index (χ0) is 21.6. The molecule has 156 valence electrons. The Morgan fingerprint density at radius 2 is 2.17 bits per heavy atom. The minimum absolute atomic E-state index is 0.153. The van der Waals surface area contributed by atoms with Crippen LogP contribution in [0.4, 0.5) is 0 Å². The van der Waals surface area contributed by atoms with Gasteiger partial charge in [0.05, 0.1) is 24.0 Å². The fourth-order valence-electron chi connectivity index (χ4n) is 4.19. The molecule has 7 heteroatoms. The van der Waals surface area contributed by atoms with E-state index in [1.807, 2.05) is 30.1 Å². The molecule has 7 nitrogen and oxygen atoms in total. The number of fused-ring (bicyclic) bond motifs is 2. The number of pyridine rings is 1. The average molecular weight is 408 g/mol. The first kappa shape index (κ1) is 20.1. The maximum Gasteiger partial charge on any atom is 0.342 e. The largest absolute Gasteiger partial charge is 0.497 e. The maximum absolute atomic E-state index is 12.1. The molecule has 2 aliphatic heterocycles. The number of methoxy groups -OCH3 is 1. The molecule has 0 saturated carbocycles. The second-order valence-electron chi connectivity index (χ2n) is 7.74. The molecule has 2 aromatic rings. The molecule has 0 unspecified atom stereocenters. The number of rotatable bonds is 4. The Hall–Kier alpha value is -3.19. The van der Waals surface area contributed by atoms with E-state index in [1.165, 1.54) is 12.5 Å². The van der Waals surface area contributed by atoms with E-state index in [0.29, 0.717) is 12.8 Å². The van der Waals surface area contributed by atoms with Gasteiger partial charge in [-0.1, -0.05) is 6.92 Å². The van der Waals surface area contributed by atoms with E-state index in [4.69, 9.17) is 14.5 Å². The zero-order valence-corrected chi connectivity index (χ0v) is 17.5. The normalized spacial score (nSPS) is 22.5. The van der Waals surface area contributed by atoms with Gasteiger partial charge < -0.3 is 19.5 Å². The third-order valence-corrected chi connectivity index (χ3v) is 5.86. The van der Waals surface area contributed by atoms with Gasteiger partial charge in [0.1, 0.15) is 18.6 Å². The fraction of sp³-hybridized carbons (Fsp3) is 0.348. The minimum atomic E-state index is -1.90. The van der Waals surface area contributed by atoms with Gasteiger partial charge in [0.2, 0.25) is 0 Å². The number of cyclic esters (lactones) is 1. The fourth-order valence-corrected chi connectivity index (χ4v) is 4.19. The molecule has 0 spiro atoms. The molecule has 0 fully saturated rings. The SMILES string of the molecule is CCc1c2c(nc3ccc(OC)cc13)/C(=C/C1=C(C=O)COC(=O)[C@@]1(C)O)N(C)C2. The van der Waals surface area contributed by atoms with Gasteiger partial charge in [-0.3, -0.25) is 4.79 Å². The molecule has 0 saturated heterocycles. The number of hydrogen-bond acceptors (Lipinski definition) is 7. The highest BCUT2D eigenvalue weighted by Gasteiger charge is 2.42. The van der Waals surface area contributed by atoms with Crippen molar-refractivity contribution in [2.75, 3.05) is 20.8 Å². The van der Waals surface area contributed by atoms with Crippen LogP contribution in [-0.2, 0) is 27.3 Å². The zero-order valence-electron chi connectivity index (χ0n) is 17.5. The summed E-state index contributed by atoms with van der Waals surface area (Å²) in [5, 5.41) is 11.8. The molecule has 30 heavy (non-hydrogen) atoms. The van der Waals surface area contributed by atoms with Crippen LogP contribution in [0.3, 0.4) is 0 Å². The van der Waals surface area contributed by atoms with E-state index in [1.54, 1.807) is 13.2 Å². The van der Waals surface area contributed by atoms with Crippen LogP contribution in [0.5, 0.6) is 5.75 Å². The van der Waals surface area contributed by atoms with Gasteiger partial charge in [-0.15, -0.1) is 0 Å². The highest BCUT2D eigenvalue weighted by atomic mass is 16.6. The Labute approximate surface area is 174 Å². The lowest BCUT2D eigenvalue weighted by Crippen LogP contribution is -2.43. The van der Waals surface area contributed by atoms with Gasteiger partial charge in [0.15, 0.2) is 5.60 Å². The summed E-state index contributed by atoms with van der Waals surface area (Å²) in [4.78, 5) is 30.6. The average Bonchev–Trinajstić information content (AvgIpc) is 3.04. The summed E-state index contributed by atoms with van der Waals surface area (Å²) in [5.74, 6) is 0.00671. The predicted molar refractivity (Wildman–Crippen MR) is 112 cm³/mol. The van der Waals surface area contributed by atoms with Crippen molar-refractivity contribution in [2.24, 2.45) is 0 Å². The molecular formula is C23H24N2O5.